The van der Waals surface area contributed by atoms with Gasteiger partial charge in [0.1, 0.15) is 5.01 Å². The molecule has 3 aromatic rings. The van der Waals surface area contributed by atoms with Crippen LogP contribution in [-0.4, -0.2) is 4.98 Å². The second-order valence-corrected chi connectivity index (χ2v) is 5.06. The van der Waals surface area contributed by atoms with Gasteiger partial charge in [-0.3, -0.25) is 11.3 Å². The van der Waals surface area contributed by atoms with E-state index in [4.69, 9.17) is 10.8 Å². The minimum absolute atomic E-state index is 0.634. The van der Waals surface area contributed by atoms with Crippen LogP contribution in [0.25, 0.3) is 20.8 Å². The summed E-state index contributed by atoms with van der Waals surface area (Å²) in [6, 6.07) is 16.4. The Hall–Kier alpha value is -1.75. The third-order valence-electron chi connectivity index (χ3n) is 2.82. The largest absolute Gasteiger partial charge is 0.271 e. The average Bonchev–Trinajstić information content (AvgIpc) is 2.85. The van der Waals surface area contributed by atoms with Crippen LogP contribution in [0.3, 0.4) is 0 Å². The molecular weight excluding hydrogens is 242 g/mol. The Balaban J connectivity index is 2.14. The van der Waals surface area contributed by atoms with Crippen molar-refractivity contribution in [1.29, 1.82) is 0 Å². The summed E-state index contributed by atoms with van der Waals surface area (Å²) in [4.78, 5) is 4.72. The first kappa shape index (κ1) is 11.3. The summed E-state index contributed by atoms with van der Waals surface area (Å²) in [5.41, 5.74) is 6.02. The normalized spacial score (nSPS) is 10.9. The van der Waals surface area contributed by atoms with Crippen LogP contribution >= 0.6 is 11.3 Å². The molecule has 90 valence electrons. The van der Waals surface area contributed by atoms with Crippen molar-refractivity contribution in [1.82, 2.24) is 10.4 Å². The summed E-state index contributed by atoms with van der Waals surface area (Å²) in [6.07, 6.45) is 0. The first-order valence-corrected chi connectivity index (χ1v) is 6.57. The third-order valence-corrected chi connectivity index (χ3v) is 3.89. The molecule has 0 atom stereocenters. The van der Waals surface area contributed by atoms with E-state index in [-0.39, 0.29) is 0 Å². The van der Waals surface area contributed by atoms with E-state index in [1.807, 2.05) is 24.3 Å². The summed E-state index contributed by atoms with van der Waals surface area (Å²) >= 11 is 1.71. The van der Waals surface area contributed by atoms with Crippen molar-refractivity contribution >= 4 is 21.6 Å². The van der Waals surface area contributed by atoms with Gasteiger partial charge in [0.15, 0.2) is 0 Å². The van der Waals surface area contributed by atoms with Crippen molar-refractivity contribution in [3.63, 3.8) is 0 Å². The number of hydrogen-bond donors (Lipinski definition) is 2. The number of nitrogens with zero attached hydrogens (tertiary/aromatic N) is 1. The molecule has 0 bridgehead atoms. The van der Waals surface area contributed by atoms with E-state index in [0.29, 0.717) is 6.54 Å². The highest BCUT2D eigenvalue weighted by atomic mass is 32.1. The first-order chi connectivity index (χ1) is 8.88. The maximum absolute atomic E-state index is 5.40. The molecule has 0 unspecified atom stereocenters. The molecule has 1 heterocycles. The van der Waals surface area contributed by atoms with Crippen LogP contribution in [0.4, 0.5) is 0 Å². The number of para-hydroxylation sites is 1. The fraction of sp³-hybridized carbons (Fsp3) is 0.0714. The standard InChI is InChI=1S/C14H13N3S/c15-16-9-11-7-4-8-12-13(11)17-14(18-12)10-5-2-1-3-6-10/h1-8,16H,9,15H2. The van der Waals surface area contributed by atoms with Crippen molar-refractivity contribution in [2.24, 2.45) is 5.84 Å². The van der Waals surface area contributed by atoms with E-state index in [2.05, 4.69) is 29.7 Å². The van der Waals surface area contributed by atoms with Crippen molar-refractivity contribution in [2.75, 3.05) is 0 Å². The molecule has 0 spiro atoms. The molecule has 0 saturated heterocycles. The molecule has 3 rings (SSSR count). The highest BCUT2D eigenvalue weighted by Gasteiger charge is 2.08. The minimum Gasteiger partial charge on any atom is -0.271 e. The van der Waals surface area contributed by atoms with Crippen LogP contribution in [0.1, 0.15) is 5.56 Å². The fourth-order valence-corrected chi connectivity index (χ4v) is 2.98. The molecule has 4 heteroatoms. The number of nitrogens with two attached hydrogens (primary N) is 1. The monoisotopic (exact) mass is 255 g/mol. The van der Waals surface area contributed by atoms with Gasteiger partial charge in [0.05, 0.1) is 10.2 Å². The topological polar surface area (TPSA) is 50.9 Å². The van der Waals surface area contributed by atoms with Crippen molar-refractivity contribution in [3.8, 4) is 10.6 Å². The fourth-order valence-electron chi connectivity index (χ4n) is 1.96. The van der Waals surface area contributed by atoms with E-state index in [1.165, 1.54) is 4.70 Å². The van der Waals surface area contributed by atoms with Crippen LogP contribution in [0.15, 0.2) is 48.5 Å². The molecule has 2 aromatic carbocycles. The number of aromatic nitrogens is 1. The zero-order valence-electron chi connectivity index (χ0n) is 9.76. The lowest BCUT2D eigenvalue weighted by Gasteiger charge is -1.99. The molecular formula is C14H13N3S. The first-order valence-electron chi connectivity index (χ1n) is 5.76. The maximum atomic E-state index is 5.40. The Kier molecular flexibility index (Phi) is 3.06. The molecule has 0 aliphatic heterocycles. The van der Waals surface area contributed by atoms with Crippen LogP contribution < -0.4 is 11.3 Å². The van der Waals surface area contributed by atoms with Crippen LogP contribution in [-0.2, 0) is 6.54 Å². The number of fused-ring (bicyclic) bond motifs is 1. The molecule has 3 N–H and O–H groups in total. The molecule has 0 amide bonds. The summed E-state index contributed by atoms with van der Waals surface area (Å²) < 4.78 is 1.20. The summed E-state index contributed by atoms with van der Waals surface area (Å²) in [5, 5.41) is 1.05. The lowest BCUT2D eigenvalue weighted by Crippen LogP contribution is -2.20. The van der Waals surface area contributed by atoms with Gasteiger partial charge >= 0.3 is 0 Å². The Morgan fingerprint density at radius 2 is 1.89 bits per heavy atom. The van der Waals surface area contributed by atoms with E-state index < -0.39 is 0 Å². The quantitative estimate of drug-likeness (QED) is 0.559. The average molecular weight is 255 g/mol. The van der Waals surface area contributed by atoms with Gasteiger partial charge in [-0.15, -0.1) is 11.3 Å². The molecule has 3 nitrogen and oxygen atoms in total. The van der Waals surface area contributed by atoms with Gasteiger partial charge < -0.3 is 0 Å². The molecule has 0 radical (unpaired) electrons. The van der Waals surface area contributed by atoms with Gasteiger partial charge in [-0.2, -0.15) is 0 Å². The molecule has 0 saturated carbocycles. The number of thiazole rings is 1. The summed E-state index contributed by atoms with van der Waals surface area (Å²) in [5.74, 6) is 5.40. The lowest BCUT2D eigenvalue weighted by molar-refractivity contribution is 0.744. The number of benzene rings is 2. The van der Waals surface area contributed by atoms with Gasteiger partial charge in [-0.1, -0.05) is 42.5 Å². The van der Waals surface area contributed by atoms with E-state index in [0.717, 1.165) is 21.7 Å². The van der Waals surface area contributed by atoms with E-state index in [9.17, 15) is 0 Å². The maximum Gasteiger partial charge on any atom is 0.124 e. The van der Waals surface area contributed by atoms with Crippen LogP contribution in [0, 0.1) is 0 Å². The zero-order valence-corrected chi connectivity index (χ0v) is 10.6. The number of rotatable bonds is 3. The minimum atomic E-state index is 0.634. The van der Waals surface area contributed by atoms with Crippen LogP contribution in [0.5, 0.6) is 0 Å². The zero-order chi connectivity index (χ0) is 12.4. The van der Waals surface area contributed by atoms with Gasteiger partial charge in [0.2, 0.25) is 0 Å². The molecule has 0 fully saturated rings. The predicted molar refractivity (Wildman–Crippen MR) is 76.1 cm³/mol. The SMILES string of the molecule is NNCc1cccc2sc(-c3ccccc3)nc12. The van der Waals surface area contributed by atoms with Crippen molar-refractivity contribution in [2.45, 2.75) is 6.54 Å². The molecule has 0 aliphatic carbocycles. The van der Waals surface area contributed by atoms with Crippen molar-refractivity contribution < 1.29 is 0 Å². The Labute approximate surface area is 109 Å². The van der Waals surface area contributed by atoms with Gasteiger partial charge in [-0.25, -0.2) is 4.98 Å². The number of hydrazine groups is 1. The molecule has 0 aliphatic rings. The lowest BCUT2D eigenvalue weighted by atomic mass is 10.2. The van der Waals surface area contributed by atoms with Gasteiger partial charge in [-0.05, 0) is 11.6 Å². The highest BCUT2D eigenvalue weighted by Crippen LogP contribution is 2.31. The van der Waals surface area contributed by atoms with E-state index >= 15 is 0 Å². The smallest absolute Gasteiger partial charge is 0.124 e. The van der Waals surface area contributed by atoms with Gasteiger partial charge in [0, 0.05) is 12.1 Å². The second kappa shape index (κ2) is 4.86. The summed E-state index contributed by atoms with van der Waals surface area (Å²) in [7, 11) is 0. The molecule has 1 aromatic heterocycles. The Morgan fingerprint density at radius 3 is 2.67 bits per heavy atom. The summed E-state index contributed by atoms with van der Waals surface area (Å²) in [6.45, 7) is 0.634. The highest BCUT2D eigenvalue weighted by molar-refractivity contribution is 7.21. The third kappa shape index (κ3) is 2.01. The predicted octanol–water partition coefficient (Wildman–Crippen LogP) is 2.93. The van der Waals surface area contributed by atoms with Crippen LogP contribution in [0.2, 0.25) is 0 Å². The second-order valence-electron chi connectivity index (χ2n) is 4.03. The van der Waals surface area contributed by atoms with E-state index in [1.54, 1.807) is 11.3 Å². The Morgan fingerprint density at radius 1 is 1.06 bits per heavy atom. The van der Waals surface area contributed by atoms with Crippen molar-refractivity contribution in [3.05, 3.63) is 54.1 Å². The molecule has 18 heavy (non-hydrogen) atoms. The number of nitrogens with one attached hydrogen (secondary N) is 1. The Bertz CT molecular complexity index is 661. The van der Waals surface area contributed by atoms with Gasteiger partial charge in [0.25, 0.3) is 0 Å². The number of hydrogen-bond acceptors (Lipinski definition) is 4.